The molecule has 2 N–H and O–H groups in total. The van der Waals surface area contributed by atoms with Crippen LogP contribution in [-0.2, 0) is 0 Å². The predicted octanol–water partition coefficient (Wildman–Crippen LogP) is 4.67. The van der Waals surface area contributed by atoms with Crippen LogP contribution < -0.4 is 10.5 Å². The molecule has 0 bridgehead atoms. The molecule has 0 saturated carbocycles. The fourth-order valence-electron chi connectivity index (χ4n) is 2.30. The van der Waals surface area contributed by atoms with Crippen molar-refractivity contribution in [3.63, 3.8) is 0 Å². The molecule has 0 aliphatic heterocycles. The van der Waals surface area contributed by atoms with Gasteiger partial charge in [-0.15, -0.1) is 0 Å². The maximum Gasteiger partial charge on any atom is 0.122 e. The SMILES string of the molecule is COc1cc(C)c(C(N)c2cc(Cl)cc(Cl)c2)cc1C. The lowest BCUT2D eigenvalue weighted by molar-refractivity contribution is 0.411. The second-order valence-electron chi connectivity index (χ2n) is 4.86. The summed E-state index contributed by atoms with van der Waals surface area (Å²) in [5.41, 5.74) is 10.4. The molecule has 4 heteroatoms. The van der Waals surface area contributed by atoms with Gasteiger partial charge in [0.1, 0.15) is 5.75 Å². The molecular formula is C16H17Cl2NO. The van der Waals surface area contributed by atoms with Gasteiger partial charge in [0.05, 0.1) is 13.2 Å². The Hall–Kier alpha value is -1.22. The second-order valence-corrected chi connectivity index (χ2v) is 5.73. The Morgan fingerprint density at radius 2 is 1.55 bits per heavy atom. The number of halogens is 2. The lowest BCUT2D eigenvalue weighted by Gasteiger charge is -2.18. The molecule has 0 spiro atoms. The minimum atomic E-state index is -0.268. The van der Waals surface area contributed by atoms with Crippen LogP contribution in [0, 0.1) is 13.8 Å². The summed E-state index contributed by atoms with van der Waals surface area (Å²) in [6.45, 7) is 4.02. The molecule has 2 aromatic rings. The quantitative estimate of drug-likeness (QED) is 0.894. The molecule has 2 aromatic carbocycles. The summed E-state index contributed by atoms with van der Waals surface area (Å²) in [6.07, 6.45) is 0. The summed E-state index contributed by atoms with van der Waals surface area (Å²) in [5.74, 6) is 0.863. The zero-order valence-corrected chi connectivity index (χ0v) is 13.2. The van der Waals surface area contributed by atoms with Gasteiger partial charge in [-0.2, -0.15) is 0 Å². The van der Waals surface area contributed by atoms with E-state index < -0.39 is 0 Å². The highest BCUT2D eigenvalue weighted by molar-refractivity contribution is 6.34. The lowest BCUT2D eigenvalue weighted by atomic mass is 9.94. The third-order valence-electron chi connectivity index (χ3n) is 3.36. The minimum absolute atomic E-state index is 0.268. The average molecular weight is 310 g/mol. The summed E-state index contributed by atoms with van der Waals surface area (Å²) >= 11 is 12.1. The summed E-state index contributed by atoms with van der Waals surface area (Å²) in [7, 11) is 1.66. The van der Waals surface area contributed by atoms with Crippen molar-refractivity contribution in [3.05, 3.63) is 62.6 Å². The molecular weight excluding hydrogens is 293 g/mol. The number of ether oxygens (including phenoxy) is 1. The van der Waals surface area contributed by atoms with Gasteiger partial charge in [0, 0.05) is 10.0 Å². The molecule has 2 nitrogen and oxygen atoms in total. The van der Waals surface area contributed by atoms with Crippen molar-refractivity contribution in [3.8, 4) is 5.75 Å². The van der Waals surface area contributed by atoms with Gasteiger partial charge in [-0.3, -0.25) is 0 Å². The molecule has 0 aliphatic carbocycles. The van der Waals surface area contributed by atoms with E-state index in [2.05, 4.69) is 0 Å². The van der Waals surface area contributed by atoms with Gasteiger partial charge in [-0.05, 0) is 60.4 Å². The van der Waals surface area contributed by atoms with Crippen LogP contribution >= 0.6 is 23.2 Å². The van der Waals surface area contributed by atoms with Crippen LogP contribution in [0.3, 0.4) is 0 Å². The van der Waals surface area contributed by atoms with E-state index >= 15 is 0 Å². The average Bonchev–Trinajstić information content (AvgIpc) is 2.39. The van der Waals surface area contributed by atoms with Crippen LogP contribution in [0.2, 0.25) is 10.0 Å². The monoisotopic (exact) mass is 309 g/mol. The summed E-state index contributed by atoms with van der Waals surface area (Å²) < 4.78 is 5.32. The van der Waals surface area contributed by atoms with Crippen molar-refractivity contribution < 1.29 is 4.74 Å². The first-order chi connectivity index (χ1) is 9.42. The van der Waals surface area contributed by atoms with Crippen molar-refractivity contribution in [2.45, 2.75) is 19.9 Å². The Morgan fingerprint density at radius 1 is 0.950 bits per heavy atom. The highest BCUT2D eigenvalue weighted by atomic mass is 35.5. The first kappa shape index (κ1) is 15.2. The molecule has 20 heavy (non-hydrogen) atoms. The Kier molecular flexibility index (Phi) is 4.59. The molecule has 0 heterocycles. The maximum atomic E-state index is 6.36. The fourth-order valence-corrected chi connectivity index (χ4v) is 2.84. The van der Waals surface area contributed by atoms with Crippen LogP contribution in [0.25, 0.3) is 0 Å². The van der Waals surface area contributed by atoms with E-state index in [4.69, 9.17) is 33.7 Å². The highest BCUT2D eigenvalue weighted by Gasteiger charge is 2.15. The molecule has 106 valence electrons. The van der Waals surface area contributed by atoms with Crippen LogP contribution in [0.15, 0.2) is 30.3 Å². The third kappa shape index (κ3) is 3.09. The number of methoxy groups -OCH3 is 1. The Morgan fingerprint density at radius 3 is 2.10 bits per heavy atom. The summed E-state index contributed by atoms with van der Waals surface area (Å²) in [5, 5.41) is 1.18. The zero-order chi connectivity index (χ0) is 14.9. The zero-order valence-electron chi connectivity index (χ0n) is 11.7. The lowest BCUT2D eigenvalue weighted by Crippen LogP contribution is -2.14. The van der Waals surface area contributed by atoms with E-state index in [0.717, 1.165) is 28.0 Å². The number of benzene rings is 2. The smallest absolute Gasteiger partial charge is 0.122 e. The molecule has 1 unspecified atom stereocenters. The second kappa shape index (κ2) is 6.04. The molecule has 0 saturated heterocycles. The van der Waals surface area contributed by atoms with Gasteiger partial charge < -0.3 is 10.5 Å². The normalized spacial score (nSPS) is 12.3. The topological polar surface area (TPSA) is 35.2 Å². The molecule has 0 fully saturated rings. The highest BCUT2D eigenvalue weighted by Crippen LogP contribution is 2.31. The summed E-state index contributed by atoms with van der Waals surface area (Å²) in [4.78, 5) is 0. The van der Waals surface area contributed by atoms with Gasteiger partial charge in [-0.25, -0.2) is 0 Å². The van der Waals surface area contributed by atoms with Gasteiger partial charge in [0.25, 0.3) is 0 Å². The Bertz CT molecular complexity index is 620. The van der Waals surface area contributed by atoms with E-state index in [1.165, 1.54) is 0 Å². The first-order valence-corrected chi connectivity index (χ1v) is 7.04. The van der Waals surface area contributed by atoms with Crippen LogP contribution in [0.4, 0.5) is 0 Å². The number of hydrogen-bond acceptors (Lipinski definition) is 2. The Labute approximate surface area is 129 Å². The molecule has 0 radical (unpaired) electrons. The largest absolute Gasteiger partial charge is 0.496 e. The van der Waals surface area contributed by atoms with Gasteiger partial charge in [0.15, 0.2) is 0 Å². The molecule has 1 atom stereocenters. The molecule has 0 aliphatic rings. The Balaban J connectivity index is 2.47. The first-order valence-electron chi connectivity index (χ1n) is 6.29. The molecule has 0 aromatic heterocycles. The maximum absolute atomic E-state index is 6.36. The van der Waals surface area contributed by atoms with Gasteiger partial charge >= 0.3 is 0 Å². The van der Waals surface area contributed by atoms with Crippen LogP contribution in [-0.4, -0.2) is 7.11 Å². The van der Waals surface area contributed by atoms with E-state index in [-0.39, 0.29) is 6.04 Å². The standard InChI is InChI=1S/C16H17Cl2NO/c1-9-5-15(20-3)10(2)4-14(9)16(19)11-6-12(17)8-13(18)7-11/h4-8,16H,19H2,1-3H3. The third-order valence-corrected chi connectivity index (χ3v) is 3.80. The molecule has 2 rings (SSSR count). The van der Waals surface area contributed by atoms with Gasteiger partial charge in [0.2, 0.25) is 0 Å². The van der Waals surface area contributed by atoms with Crippen molar-refractivity contribution in [1.29, 1.82) is 0 Å². The minimum Gasteiger partial charge on any atom is -0.496 e. The summed E-state index contributed by atoms with van der Waals surface area (Å²) in [6, 6.07) is 9.17. The van der Waals surface area contributed by atoms with Crippen molar-refractivity contribution in [2.75, 3.05) is 7.11 Å². The van der Waals surface area contributed by atoms with Crippen molar-refractivity contribution >= 4 is 23.2 Å². The van der Waals surface area contributed by atoms with Gasteiger partial charge in [-0.1, -0.05) is 29.3 Å². The number of aryl methyl sites for hydroxylation is 2. The number of rotatable bonds is 3. The predicted molar refractivity (Wildman–Crippen MR) is 85.0 cm³/mol. The fraction of sp³-hybridized carbons (Fsp3) is 0.250. The number of hydrogen-bond donors (Lipinski definition) is 1. The van der Waals surface area contributed by atoms with E-state index in [1.807, 2.05) is 38.1 Å². The van der Waals surface area contributed by atoms with Crippen molar-refractivity contribution in [2.24, 2.45) is 5.73 Å². The van der Waals surface area contributed by atoms with E-state index in [1.54, 1.807) is 13.2 Å². The molecule has 0 amide bonds. The number of nitrogens with two attached hydrogens (primary N) is 1. The van der Waals surface area contributed by atoms with Crippen LogP contribution in [0.1, 0.15) is 28.3 Å². The van der Waals surface area contributed by atoms with Crippen molar-refractivity contribution in [1.82, 2.24) is 0 Å². The van der Waals surface area contributed by atoms with Crippen LogP contribution in [0.5, 0.6) is 5.75 Å². The van der Waals surface area contributed by atoms with E-state index in [9.17, 15) is 0 Å². The van der Waals surface area contributed by atoms with E-state index in [0.29, 0.717) is 10.0 Å².